The third kappa shape index (κ3) is 12.3. The maximum absolute atomic E-state index is 10.9. The molecule has 0 bridgehead atoms. The highest BCUT2D eigenvalue weighted by molar-refractivity contribution is 5.86. The van der Waals surface area contributed by atoms with E-state index in [2.05, 4.69) is 13.2 Å². The van der Waals surface area contributed by atoms with Gasteiger partial charge in [-0.25, -0.2) is 9.59 Å². The zero-order valence-electron chi connectivity index (χ0n) is 10.5. The zero-order valence-corrected chi connectivity index (χ0v) is 10.5. The molecule has 0 amide bonds. The monoisotopic (exact) mass is 244 g/mol. The van der Waals surface area contributed by atoms with Gasteiger partial charge in [-0.3, -0.25) is 0 Å². The summed E-state index contributed by atoms with van der Waals surface area (Å²) in [7, 11) is 0. The number of esters is 1. The minimum atomic E-state index is -0.981. The number of carbonyl (C=O) groups excluding carboxylic acids is 1. The van der Waals surface area contributed by atoms with Crippen LogP contribution in [0.2, 0.25) is 0 Å². The fourth-order valence-corrected chi connectivity index (χ4v) is 0.430. The number of ether oxygens (including phenoxy) is 1. The molecule has 0 aliphatic heterocycles. The van der Waals surface area contributed by atoms with Gasteiger partial charge < -0.3 is 14.9 Å². The van der Waals surface area contributed by atoms with Crippen LogP contribution in [0.5, 0.6) is 0 Å². The first-order valence-corrected chi connectivity index (χ1v) is 4.95. The van der Waals surface area contributed by atoms with Gasteiger partial charge in [-0.1, -0.05) is 27.0 Å². The molecule has 0 aliphatic rings. The van der Waals surface area contributed by atoms with Crippen LogP contribution in [-0.2, 0) is 14.3 Å². The molecule has 0 unspecified atom stereocenters. The second kappa shape index (κ2) is 8.52. The third-order valence-corrected chi connectivity index (χ3v) is 1.55. The number of aliphatic hydroxyl groups excluding tert-OH is 1. The lowest BCUT2D eigenvalue weighted by molar-refractivity contribution is -0.142. The second-order valence-corrected chi connectivity index (χ2v) is 4.22. The lowest BCUT2D eigenvalue weighted by atomic mass is 9.97. The van der Waals surface area contributed by atoms with Gasteiger partial charge in [0.05, 0.1) is 13.2 Å². The maximum Gasteiger partial charge on any atom is 0.333 e. The molecule has 0 radical (unpaired) electrons. The highest BCUT2D eigenvalue weighted by Gasteiger charge is 2.18. The SMILES string of the molecule is C=C(C)C(=O)OCC(C)(C)CO.C=CC(=O)O. The minimum absolute atomic E-state index is 0.00350. The van der Waals surface area contributed by atoms with Gasteiger partial charge in [-0.2, -0.15) is 0 Å². The molecule has 17 heavy (non-hydrogen) atoms. The van der Waals surface area contributed by atoms with E-state index in [4.69, 9.17) is 14.9 Å². The van der Waals surface area contributed by atoms with Crippen LogP contribution >= 0.6 is 0 Å². The van der Waals surface area contributed by atoms with Crippen LogP contribution in [0.25, 0.3) is 0 Å². The molecule has 0 atom stereocenters. The quantitative estimate of drug-likeness (QED) is 0.564. The molecular weight excluding hydrogens is 224 g/mol. The van der Waals surface area contributed by atoms with Crippen molar-refractivity contribution in [2.75, 3.05) is 13.2 Å². The Bertz CT molecular complexity index is 291. The average molecular weight is 244 g/mol. The molecule has 0 saturated carbocycles. The van der Waals surface area contributed by atoms with Crippen LogP contribution in [0.1, 0.15) is 20.8 Å². The molecule has 0 aromatic heterocycles. The van der Waals surface area contributed by atoms with Crippen LogP contribution in [0.3, 0.4) is 0 Å². The fraction of sp³-hybridized carbons (Fsp3) is 0.500. The Kier molecular flexibility index (Phi) is 8.91. The van der Waals surface area contributed by atoms with Crippen molar-refractivity contribution < 1.29 is 24.5 Å². The third-order valence-electron chi connectivity index (χ3n) is 1.55. The number of aliphatic carboxylic acids is 1. The lowest BCUT2D eigenvalue weighted by Crippen LogP contribution is -2.25. The summed E-state index contributed by atoms with van der Waals surface area (Å²) in [5, 5.41) is 16.4. The van der Waals surface area contributed by atoms with E-state index in [1.807, 2.05) is 13.8 Å². The molecule has 5 nitrogen and oxygen atoms in total. The zero-order chi connectivity index (χ0) is 14.1. The molecule has 5 heteroatoms. The Balaban J connectivity index is 0. The molecule has 0 aliphatic carbocycles. The highest BCUT2D eigenvalue weighted by Crippen LogP contribution is 2.14. The molecule has 0 rings (SSSR count). The predicted molar refractivity (Wildman–Crippen MR) is 64.5 cm³/mol. The van der Waals surface area contributed by atoms with Gasteiger partial charge in [0, 0.05) is 17.1 Å². The van der Waals surface area contributed by atoms with Crippen LogP contribution in [0, 0.1) is 5.41 Å². The van der Waals surface area contributed by atoms with Crippen molar-refractivity contribution in [3.63, 3.8) is 0 Å². The summed E-state index contributed by atoms with van der Waals surface area (Å²) in [5.74, 6) is -1.39. The van der Waals surface area contributed by atoms with E-state index in [1.54, 1.807) is 6.92 Å². The molecule has 0 aromatic carbocycles. The number of hydrogen-bond acceptors (Lipinski definition) is 4. The van der Waals surface area contributed by atoms with Crippen molar-refractivity contribution in [2.45, 2.75) is 20.8 Å². The van der Waals surface area contributed by atoms with Crippen LogP contribution < -0.4 is 0 Å². The Labute approximate surface area is 101 Å². The molecule has 0 aromatic rings. The van der Waals surface area contributed by atoms with Crippen LogP contribution in [0.4, 0.5) is 0 Å². The van der Waals surface area contributed by atoms with Crippen LogP contribution in [-0.4, -0.2) is 35.4 Å². The van der Waals surface area contributed by atoms with Crippen molar-refractivity contribution in [2.24, 2.45) is 5.41 Å². The van der Waals surface area contributed by atoms with Gasteiger partial charge in [-0.05, 0) is 6.92 Å². The van der Waals surface area contributed by atoms with Gasteiger partial charge in [0.25, 0.3) is 0 Å². The Hall–Kier alpha value is -1.62. The first-order valence-electron chi connectivity index (χ1n) is 4.95. The molecule has 0 saturated heterocycles. The van der Waals surface area contributed by atoms with E-state index in [9.17, 15) is 9.59 Å². The highest BCUT2D eigenvalue weighted by atomic mass is 16.5. The van der Waals surface area contributed by atoms with E-state index >= 15 is 0 Å². The van der Waals surface area contributed by atoms with E-state index < -0.39 is 11.9 Å². The largest absolute Gasteiger partial charge is 0.478 e. The smallest absolute Gasteiger partial charge is 0.333 e. The van der Waals surface area contributed by atoms with E-state index in [1.165, 1.54) is 0 Å². The Morgan fingerprint density at radius 1 is 1.41 bits per heavy atom. The van der Waals surface area contributed by atoms with Crippen LogP contribution in [0.15, 0.2) is 24.8 Å². The topological polar surface area (TPSA) is 83.8 Å². The summed E-state index contributed by atoms with van der Waals surface area (Å²) in [5.41, 5.74) is 0.00853. The van der Waals surface area contributed by atoms with Gasteiger partial charge in [0.1, 0.15) is 0 Å². The van der Waals surface area contributed by atoms with Crippen molar-refractivity contribution in [3.05, 3.63) is 24.8 Å². The summed E-state index contributed by atoms with van der Waals surface area (Å²) in [4.78, 5) is 20.2. The summed E-state index contributed by atoms with van der Waals surface area (Å²) in [6.07, 6.45) is 0.833. The van der Waals surface area contributed by atoms with E-state index in [0.717, 1.165) is 6.08 Å². The minimum Gasteiger partial charge on any atom is -0.478 e. The number of rotatable bonds is 5. The summed E-state index contributed by atoms with van der Waals surface area (Å²) >= 11 is 0. The average Bonchev–Trinajstić information content (AvgIpc) is 2.26. The molecule has 0 fully saturated rings. The molecule has 0 heterocycles. The maximum atomic E-state index is 10.9. The van der Waals surface area contributed by atoms with Crippen molar-refractivity contribution in [1.29, 1.82) is 0 Å². The van der Waals surface area contributed by atoms with Crippen molar-refractivity contribution in [3.8, 4) is 0 Å². The van der Waals surface area contributed by atoms with Crippen molar-refractivity contribution >= 4 is 11.9 Å². The van der Waals surface area contributed by atoms with E-state index in [-0.39, 0.29) is 18.6 Å². The lowest BCUT2D eigenvalue weighted by Gasteiger charge is -2.20. The van der Waals surface area contributed by atoms with Gasteiger partial charge >= 0.3 is 11.9 Å². The number of carboxylic acid groups (broad SMARTS) is 1. The molecular formula is C12H20O5. The molecule has 98 valence electrons. The Morgan fingerprint density at radius 2 is 1.82 bits per heavy atom. The number of aliphatic hydroxyl groups is 1. The van der Waals surface area contributed by atoms with E-state index in [0.29, 0.717) is 5.57 Å². The Morgan fingerprint density at radius 3 is 2.06 bits per heavy atom. The fourth-order valence-electron chi connectivity index (χ4n) is 0.430. The normalized spacial score (nSPS) is 9.65. The standard InChI is InChI=1S/C9H16O3.C3H4O2/c1-7(2)8(11)12-6-9(3,4)5-10;1-2-3(4)5/h10H,1,5-6H2,2-4H3;2H,1H2,(H,4,5). The summed E-state index contributed by atoms with van der Waals surface area (Å²) < 4.78 is 4.86. The molecule has 0 spiro atoms. The van der Waals surface area contributed by atoms with Gasteiger partial charge in [0.15, 0.2) is 0 Å². The molecule has 2 N–H and O–H groups in total. The first-order chi connectivity index (χ1) is 7.66. The number of carbonyl (C=O) groups is 2. The van der Waals surface area contributed by atoms with Gasteiger partial charge in [0.2, 0.25) is 0 Å². The predicted octanol–water partition coefficient (Wildman–Crippen LogP) is 1.38. The first kappa shape index (κ1) is 17.8. The number of hydrogen-bond donors (Lipinski definition) is 2. The summed E-state index contributed by atoms with van der Waals surface area (Å²) in [6.45, 7) is 11.8. The second-order valence-electron chi connectivity index (χ2n) is 4.22. The summed E-state index contributed by atoms with van der Waals surface area (Å²) in [6, 6.07) is 0. The van der Waals surface area contributed by atoms with Crippen molar-refractivity contribution in [1.82, 2.24) is 0 Å². The number of carboxylic acids is 1. The van der Waals surface area contributed by atoms with Gasteiger partial charge in [-0.15, -0.1) is 0 Å².